The molecule has 0 spiro atoms. The molecule has 3 rings (SSSR count). The molecule has 1 heterocycles. The quantitative estimate of drug-likeness (QED) is 0.521. The van der Waals surface area contributed by atoms with Crippen LogP contribution in [0.4, 0.5) is 24.7 Å². The van der Waals surface area contributed by atoms with Gasteiger partial charge in [0.1, 0.15) is 11.0 Å². The number of alkyl halides is 3. The SMILES string of the molecule is CCc1cccc(C)c1Nc1cc(Cl)nc(-c2cccc(C(F)(F)F)c2)n1. The van der Waals surface area contributed by atoms with Gasteiger partial charge in [-0.15, -0.1) is 0 Å². The molecule has 0 aliphatic carbocycles. The van der Waals surface area contributed by atoms with Crippen LogP contribution in [0.1, 0.15) is 23.6 Å². The Labute approximate surface area is 160 Å². The molecular formula is C20H17ClF3N3. The summed E-state index contributed by atoms with van der Waals surface area (Å²) in [7, 11) is 0. The van der Waals surface area contributed by atoms with Gasteiger partial charge in [-0.25, -0.2) is 9.97 Å². The third-order valence-corrected chi connectivity index (χ3v) is 4.33. The number of anilines is 2. The van der Waals surface area contributed by atoms with E-state index in [-0.39, 0.29) is 16.5 Å². The second-order valence-corrected chi connectivity index (χ2v) is 6.45. The van der Waals surface area contributed by atoms with Crippen molar-refractivity contribution in [3.8, 4) is 11.4 Å². The van der Waals surface area contributed by atoms with Gasteiger partial charge in [0.2, 0.25) is 0 Å². The number of halogens is 4. The lowest BCUT2D eigenvalue weighted by molar-refractivity contribution is -0.137. The molecule has 0 aliphatic rings. The predicted octanol–water partition coefficient (Wildman–Crippen LogP) is 6.43. The highest BCUT2D eigenvalue weighted by atomic mass is 35.5. The highest BCUT2D eigenvalue weighted by Gasteiger charge is 2.30. The lowest BCUT2D eigenvalue weighted by Crippen LogP contribution is -2.05. The van der Waals surface area contributed by atoms with E-state index in [4.69, 9.17) is 11.6 Å². The van der Waals surface area contributed by atoms with Gasteiger partial charge in [-0.05, 0) is 36.6 Å². The summed E-state index contributed by atoms with van der Waals surface area (Å²) in [5.74, 6) is 0.550. The zero-order chi connectivity index (χ0) is 19.6. The number of nitrogens with one attached hydrogen (secondary N) is 1. The average molecular weight is 392 g/mol. The summed E-state index contributed by atoms with van der Waals surface area (Å²) < 4.78 is 38.9. The Morgan fingerprint density at radius 3 is 2.48 bits per heavy atom. The smallest absolute Gasteiger partial charge is 0.340 e. The summed E-state index contributed by atoms with van der Waals surface area (Å²) in [6.45, 7) is 4.01. The van der Waals surface area contributed by atoms with Crippen LogP contribution in [-0.2, 0) is 12.6 Å². The largest absolute Gasteiger partial charge is 0.416 e. The van der Waals surface area contributed by atoms with E-state index in [9.17, 15) is 13.2 Å². The molecule has 0 bridgehead atoms. The Balaban J connectivity index is 2.02. The van der Waals surface area contributed by atoms with Crippen molar-refractivity contribution in [2.75, 3.05) is 5.32 Å². The summed E-state index contributed by atoms with van der Waals surface area (Å²) in [6, 6.07) is 12.4. The second kappa shape index (κ2) is 7.56. The van der Waals surface area contributed by atoms with Crippen LogP contribution in [-0.4, -0.2) is 9.97 Å². The van der Waals surface area contributed by atoms with Gasteiger partial charge in [0.15, 0.2) is 5.82 Å². The molecule has 0 amide bonds. The van der Waals surface area contributed by atoms with Crippen LogP contribution in [0.25, 0.3) is 11.4 Å². The van der Waals surface area contributed by atoms with E-state index in [2.05, 4.69) is 15.3 Å². The van der Waals surface area contributed by atoms with Crippen LogP contribution in [0, 0.1) is 6.92 Å². The number of hydrogen-bond acceptors (Lipinski definition) is 3. The van der Waals surface area contributed by atoms with Gasteiger partial charge in [-0.3, -0.25) is 0 Å². The Kier molecular flexibility index (Phi) is 5.37. The number of aryl methyl sites for hydroxylation is 2. The molecule has 0 radical (unpaired) electrons. The molecule has 0 saturated heterocycles. The number of rotatable bonds is 4. The monoisotopic (exact) mass is 391 g/mol. The third-order valence-electron chi connectivity index (χ3n) is 4.14. The van der Waals surface area contributed by atoms with Crippen LogP contribution in [0.5, 0.6) is 0 Å². The zero-order valence-corrected chi connectivity index (χ0v) is 15.5. The van der Waals surface area contributed by atoms with E-state index >= 15 is 0 Å². The molecule has 3 nitrogen and oxygen atoms in total. The van der Waals surface area contributed by atoms with E-state index in [1.54, 1.807) is 6.07 Å². The molecule has 0 unspecified atom stereocenters. The predicted molar refractivity (Wildman–Crippen MR) is 101 cm³/mol. The van der Waals surface area contributed by atoms with Crippen molar-refractivity contribution in [2.24, 2.45) is 0 Å². The van der Waals surface area contributed by atoms with Crippen molar-refractivity contribution in [1.82, 2.24) is 9.97 Å². The third kappa shape index (κ3) is 4.39. The van der Waals surface area contributed by atoms with Crippen LogP contribution in [0.2, 0.25) is 5.15 Å². The first-order chi connectivity index (χ1) is 12.8. The standard InChI is InChI=1S/C20H17ClF3N3/c1-3-13-7-4-6-12(2)18(13)26-17-11-16(21)25-19(27-17)14-8-5-9-15(10-14)20(22,23)24/h4-11H,3H2,1-2H3,(H,25,26,27). The van der Waals surface area contributed by atoms with Crippen LogP contribution < -0.4 is 5.32 Å². The number of nitrogens with zero attached hydrogens (tertiary/aromatic N) is 2. The van der Waals surface area contributed by atoms with E-state index in [1.807, 2.05) is 32.0 Å². The first kappa shape index (κ1) is 19.2. The lowest BCUT2D eigenvalue weighted by Gasteiger charge is -2.14. The highest BCUT2D eigenvalue weighted by Crippen LogP contribution is 2.32. The van der Waals surface area contributed by atoms with Gasteiger partial charge < -0.3 is 5.32 Å². The van der Waals surface area contributed by atoms with Gasteiger partial charge in [0, 0.05) is 17.3 Å². The number of benzene rings is 2. The number of para-hydroxylation sites is 1. The molecule has 1 N–H and O–H groups in total. The summed E-state index contributed by atoms with van der Waals surface area (Å²) in [5.41, 5.74) is 2.53. The summed E-state index contributed by atoms with van der Waals surface area (Å²) >= 11 is 6.10. The van der Waals surface area contributed by atoms with E-state index < -0.39 is 11.7 Å². The first-order valence-corrected chi connectivity index (χ1v) is 8.73. The molecule has 0 aliphatic heterocycles. The molecule has 1 aromatic heterocycles. The fraction of sp³-hybridized carbons (Fsp3) is 0.200. The molecular weight excluding hydrogens is 375 g/mol. The Hall–Kier alpha value is -2.60. The van der Waals surface area contributed by atoms with Crippen LogP contribution >= 0.6 is 11.6 Å². The zero-order valence-electron chi connectivity index (χ0n) is 14.7. The van der Waals surface area contributed by atoms with Gasteiger partial charge in [0.05, 0.1) is 5.56 Å². The molecule has 2 aromatic carbocycles. The minimum Gasteiger partial charge on any atom is -0.340 e. The summed E-state index contributed by atoms with van der Waals surface area (Å²) in [6.07, 6.45) is -3.61. The van der Waals surface area contributed by atoms with E-state index in [0.717, 1.165) is 35.4 Å². The fourth-order valence-electron chi connectivity index (χ4n) is 2.78. The topological polar surface area (TPSA) is 37.8 Å². The normalized spacial score (nSPS) is 11.5. The van der Waals surface area contributed by atoms with Gasteiger partial charge >= 0.3 is 6.18 Å². The molecule has 0 saturated carbocycles. The van der Waals surface area contributed by atoms with Crippen molar-refractivity contribution < 1.29 is 13.2 Å². The van der Waals surface area contributed by atoms with Crippen molar-refractivity contribution in [3.63, 3.8) is 0 Å². The first-order valence-electron chi connectivity index (χ1n) is 8.35. The van der Waals surface area contributed by atoms with Crippen LogP contribution in [0.3, 0.4) is 0 Å². The van der Waals surface area contributed by atoms with Gasteiger partial charge in [-0.1, -0.05) is 48.9 Å². The molecule has 140 valence electrons. The minimum atomic E-state index is -4.44. The minimum absolute atomic E-state index is 0.128. The Morgan fingerprint density at radius 2 is 1.78 bits per heavy atom. The number of aromatic nitrogens is 2. The van der Waals surface area contributed by atoms with Crippen LogP contribution in [0.15, 0.2) is 48.5 Å². The van der Waals surface area contributed by atoms with Crippen molar-refractivity contribution in [1.29, 1.82) is 0 Å². The summed E-state index contributed by atoms with van der Waals surface area (Å²) in [5, 5.41) is 3.37. The molecule has 0 fully saturated rings. The Bertz CT molecular complexity index is 971. The summed E-state index contributed by atoms with van der Waals surface area (Å²) in [4.78, 5) is 8.45. The highest BCUT2D eigenvalue weighted by molar-refractivity contribution is 6.29. The average Bonchev–Trinajstić information content (AvgIpc) is 2.62. The maximum Gasteiger partial charge on any atom is 0.416 e. The number of hydrogen-bond donors (Lipinski definition) is 1. The van der Waals surface area contributed by atoms with Gasteiger partial charge in [-0.2, -0.15) is 13.2 Å². The van der Waals surface area contributed by atoms with Crippen molar-refractivity contribution >= 4 is 23.1 Å². The maximum atomic E-state index is 13.0. The van der Waals surface area contributed by atoms with E-state index in [1.165, 1.54) is 12.1 Å². The second-order valence-electron chi connectivity index (χ2n) is 6.07. The maximum absolute atomic E-state index is 13.0. The van der Waals surface area contributed by atoms with E-state index in [0.29, 0.717) is 5.82 Å². The molecule has 7 heteroatoms. The molecule has 27 heavy (non-hydrogen) atoms. The molecule has 0 atom stereocenters. The van der Waals surface area contributed by atoms with Crippen molar-refractivity contribution in [3.05, 3.63) is 70.4 Å². The fourth-order valence-corrected chi connectivity index (χ4v) is 2.96. The van der Waals surface area contributed by atoms with Crippen molar-refractivity contribution in [2.45, 2.75) is 26.4 Å². The van der Waals surface area contributed by atoms with Gasteiger partial charge in [0.25, 0.3) is 0 Å². The molecule has 3 aromatic rings. The Morgan fingerprint density at radius 1 is 1.04 bits per heavy atom. The lowest BCUT2D eigenvalue weighted by atomic mass is 10.1.